The summed E-state index contributed by atoms with van der Waals surface area (Å²) in [5.74, 6) is -1.14. The van der Waals surface area contributed by atoms with Gasteiger partial charge < -0.3 is 10.1 Å². The van der Waals surface area contributed by atoms with Crippen LogP contribution in [0.1, 0.15) is 15.9 Å². The summed E-state index contributed by atoms with van der Waals surface area (Å²) in [6, 6.07) is 13.1. The summed E-state index contributed by atoms with van der Waals surface area (Å²) < 4.78 is 1.22. The van der Waals surface area contributed by atoms with Crippen molar-refractivity contribution in [1.82, 2.24) is 9.55 Å². The number of hydrogen-bond acceptors (Lipinski definition) is 3. The number of hydrogen-bond donors (Lipinski definition) is 2. The molecule has 102 valence electrons. The van der Waals surface area contributed by atoms with E-state index >= 15 is 0 Å². The van der Waals surface area contributed by atoms with Gasteiger partial charge in [0.05, 0.1) is 27.8 Å². The average molecular weight is 279 g/mol. The lowest BCUT2D eigenvalue weighted by Crippen LogP contribution is -2.16. The molecule has 0 atom stereocenters. The zero-order valence-corrected chi connectivity index (χ0v) is 10.7. The van der Waals surface area contributed by atoms with Crippen molar-refractivity contribution in [3.63, 3.8) is 0 Å². The quantitative estimate of drug-likeness (QED) is 0.748. The van der Waals surface area contributed by atoms with Crippen LogP contribution >= 0.6 is 0 Å². The van der Waals surface area contributed by atoms with Crippen LogP contribution in [0.4, 0.5) is 0 Å². The topological polar surface area (TPSA) is 98.9 Å². The minimum Gasteiger partial charge on any atom is -0.478 e. The first kappa shape index (κ1) is 12.7. The number of carboxylic acid groups (broad SMARTS) is 1. The van der Waals surface area contributed by atoms with Crippen LogP contribution in [0, 0.1) is 11.3 Å². The Bertz CT molecular complexity index is 960. The second kappa shape index (κ2) is 4.65. The third-order valence-corrected chi connectivity index (χ3v) is 3.20. The van der Waals surface area contributed by atoms with Crippen LogP contribution < -0.4 is 5.69 Å². The highest BCUT2D eigenvalue weighted by atomic mass is 16.4. The molecule has 0 amide bonds. The van der Waals surface area contributed by atoms with E-state index < -0.39 is 11.7 Å². The van der Waals surface area contributed by atoms with E-state index in [-0.39, 0.29) is 11.1 Å². The van der Waals surface area contributed by atoms with Crippen molar-refractivity contribution in [3.8, 4) is 11.8 Å². The van der Waals surface area contributed by atoms with Crippen molar-refractivity contribution in [2.24, 2.45) is 0 Å². The molecule has 0 unspecified atom stereocenters. The number of benzene rings is 2. The molecule has 0 spiro atoms. The fraction of sp³-hybridized carbons (Fsp3) is 0. The van der Waals surface area contributed by atoms with Crippen molar-refractivity contribution in [2.75, 3.05) is 0 Å². The summed E-state index contributed by atoms with van der Waals surface area (Å²) in [7, 11) is 0. The third-order valence-electron chi connectivity index (χ3n) is 3.20. The number of nitriles is 1. The van der Waals surface area contributed by atoms with Crippen LogP contribution in [0.2, 0.25) is 0 Å². The Hall–Kier alpha value is -3.33. The molecule has 6 heteroatoms. The number of aromatic carboxylic acids is 1. The zero-order chi connectivity index (χ0) is 15.0. The van der Waals surface area contributed by atoms with E-state index in [9.17, 15) is 14.7 Å². The van der Waals surface area contributed by atoms with Crippen LogP contribution in [0.3, 0.4) is 0 Å². The van der Waals surface area contributed by atoms with Gasteiger partial charge in [-0.05, 0) is 24.3 Å². The van der Waals surface area contributed by atoms with E-state index in [4.69, 9.17) is 5.26 Å². The van der Waals surface area contributed by atoms with Gasteiger partial charge in [0.2, 0.25) is 0 Å². The van der Waals surface area contributed by atoms with Crippen LogP contribution in [0.5, 0.6) is 0 Å². The van der Waals surface area contributed by atoms with E-state index in [1.165, 1.54) is 10.6 Å². The molecule has 0 fully saturated rings. The third kappa shape index (κ3) is 1.88. The Kier molecular flexibility index (Phi) is 2.81. The lowest BCUT2D eigenvalue weighted by molar-refractivity contribution is 0.0698. The monoisotopic (exact) mass is 279 g/mol. The van der Waals surface area contributed by atoms with Gasteiger partial charge in [0.15, 0.2) is 0 Å². The fourth-order valence-corrected chi connectivity index (χ4v) is 2.32. The molecule has 0 saturated heterocycles. The van der Waals surface area contributed by atoms with E-state index in [2.05, 4.69) is 4.98 Å². The highest BCUT2D eigenvalue weighted by Gasteiger charge is 2.18. The Balaban J connectivity index is 2.49. The van der Waals surface area contributed by atoms with Gasteiger partial charge in [-0.15, -0.1) is 0 Å². The number of nitrogens with zero attached hydrogens (tertiary/aromatic N) is 2. The van der Waals surface area contributed by atoms with Gasteiger partial charge in [0.25, 0.3) is 0 Å². The maximum absolute atomic E-state index is 12.2. The normalized spacial score (nSPS) is 10.4. The van der Waals surface area contributed by atoms with Gasteiger partial charge in [0, 0.05) is 0 Å². The van der Waals surface area contributed by atoms with E-state index in [1.807, 2.05) is 6.07 Å². The molecule has 2 N–H and O–H groups in total. The predicted octanol–water partition coefficient (Wildman–Crippen LogP) is 1.89. The molecule has 1 aromatic heterocycles. The molecule has 1 heterocycles. The summed E-state index contributed by atoms with van der Waals surface area (Å²) in [5.41, 5.74) is 0.816. The lowest BCUT2D eigenvalue weighted by atomic mass is 10.1. The van der Waals surface area contributed by atoms with Crippen molar-refractivity contribution < 1.29 is 9.90 Å². The molecule has 0 aliphatic heterocycles. The summed E-state index contributed by atoms with van der Waals surface area (Å²) in [5, 5.41) is 18.5. The first-order chi connectivity index (χ1) is 10.1. The molecular formula is C15H9N3O3. The summed E-state index contributed by atoms with van der Waals surface area (Å²) >= 11 is 0. The van der Waals surface area contributed by atoms with Crippen molar-refractivity contribution in [2.45, 2.75) is 0 Å². The number of fused-ring (bicyclic) bond motifs is 1. The second-order valence-electron chi connectivity index (χ2n) is 4.40. The SMILES string of the molecule is N#Cc1ccccc1-n1c(=O)[nH]c2cccc(C(=O)O)c21. The van der Waals surface area contributed by atoms with Gasteiger partial charge in [-0.3, -0.25) is 4.57 Å². The second-order valence-corrected chi connectivity index (χ2v) is 4.40. The predicted molar refractivity (Wildman–Crippen MR) is 75.6 cm³/mol. The molecule has 21 heavy (non-hydrogen) atoms. The minimum absolute atomic E-state index is 0.00130. The molecule has 0 bridgehead atoms. The van der Waals surface area contributed by atoms with Gasteiger partial charge in [0.1, 0.15) is 6.07 Å². The number of para-hydroxylation sites is 2. The highest BCUT2D eigenvalue weighted by molar-refractivity contribution is 6.01. The Morgan fingerprint density at radius 2 is 1.95 bits per heavy atom. The fourth-order valence-electron chi connectivity index (χ4n) is 2.32. The van der Waals surface area contributed by atoms with Crippen molar-refractivity contribution in [3.05, 3.63) is 64.1 Å². The number of carbonyl (C=O) groups is 1. The average Bonchev–Trinajstić information content (AvgIpc) is 2.82. The number of H-pyrrole nitrogens is 1. The number of imidazole rings is 1. The van der Waals surface area contributed by atoms with Crippen LogP contribution in [-0.2, 0) is 0 Å². The summed E-state index contributed by atoms with van der Waals surface area (Å²) in [6.07, 6.45) is 0. The van der Waals surface area contributed by atoms with E-state index in [0.717, 1.165) is 0 Å². The maximum atomic E-state index is 12.2. The van der Waals surface area contributed by atoms with E-state index in [1.54, 1.807) is 36.4 Å². The first-order valence-electron chi connectivity index (χ1n) is 6.10. The Labute approximate surface area is 118 Å². The highest BCUT2D eigenvalue weighted by Crippen LogP contribution is 2.21. The van der Waals surface area contributed by atoms with Gasteiger partial charge in [-0.1, -0.05) is 18.2 Å². The molecule has 2 aromatic carbocycles. The maximum Gasteiger partial charge on any atom is 0.337 e. The zero-order valence-electron chi connectivity index (χ0n) is 10.7. The number of aromatic amines is 1. The van der Waals surface area contributed by atoms with Gasteiger partial charge in [-0.2, -0.15) is 5.26 Å². The molecule has 0 radical (unpaired) electrons. The summed E-state index contributed by atoms with van der Waals surface area (Å²) in [6.45, 7) is 0. The number of aromatic nitrogens is 2. The van der Waals surface area contributed by atoms with Gasteiger partial charge >= 0.3 is 11.7 Å². The lowest BCUT2D eigenvalue weighted by Gasteiger charge is -2.07. The van der Waals surface area contributed by atoms with Crippen molar-refractivity contribution in [1.29, 1.82) is 5.26 Å². The number of nitrogens with one attached hydrogen (secondary N) is 1. The molecule has 3 rings (SSSR count). The molecule has 0 aliphatic carbocycles. The smallest absolute Gasteiger partial charge is 0.337 e. The molecule has 0 saturated carbocycles. The van der Waals surface area contributed by atoms with Crippen LogP contribution in [0.15, 0.2) is 47.3 Å². The Morgan fingerprint density at radius 3 is 2.67 bits per heavy atom. The summed E-state index contributed by atoms with van der Waals surface area (Å²) in [4.78, 5) is 26.2. The standard InChI is InChI=1S/C15H9N3O3/c16-8-9-4-1-2-7-12(9)18-13-10(14(19)20)5-3-6-11(13)17-15(18)21/h1-7H,(H,17,21)(H,19,20). The largest absolute Gasteiger partial charge is 0.478 e. The van der Waals surface area contributed by atoms with Crippen molar-refractivity contribution >= 4 is 17.0 Å². The Morgan fingerprint density at radius 1 is 1.19 bits per heavy atom. The first-order valence-corrected chi connectivity index (χ1v) is 6.10. The molecule has 3 aromatic rings. The van der Waals surface area contributed by atoms with E-state index in [0.29, 0.717) is 16.8 Å². The molecule has 0 aliphatic rings. The van der Waals surface area contributed by atoms with Gasteiger partial charge in [-0.25, -0.2) is 9.59 Å². The number of rotatable bonds is 2. The minimum atomic E-state index is -1.14. The van der Waals surface area contributed by atoms with Crippen LogP contribution in [0.25, 0.3) is 16.7 Å². The van der Waals surface area contributed by atoms with Crippen LogP contribution in [-0.4, -0.2) is 20.6 Å². The number of carboxylic acids is 1. The molecular weight excluding hydrogens is 270 g/mol. The molecule has 6 nitrogen and oxygen atoms in total.